The van der Waals surface area contributed by atoms with Crippen LogP contribution in [0, 0.1) is 12.8 Å². The Labute approximate surface area is 175 Å². The van der Waals surface area contributed by atoms with Gasteiger partial charge in [0.05, 0.1) is 10.9 Å². The van der Waals surface area contributed by atoms with Crippen molar-refractivity contribution in [2.75, 3.05) is 13.1 Å². The predicted octanol–water partition coefficient (Wildman–Crippen LogP) is 2.87. The number of nitrogens with one attached hydrogen (secondary N) is 1. The van der Waals surface area contributed by atoms with Gasteiger partial charge in [-0.05, 0) is 56.2 Å². The zero-order chi connectivity index (χ0) is 21.1. The second kappa shape index (κ2) is 8.69. The Morgan fingerprint density at radius 1 is 1.03 bits per heavy atom. The first-order valence-corrected chi connectivity index (χ1v) is 10.6. The minimum Gasteiger partial charge on any atom is -0.341 e. The van der Waals surface area contributed by atoms with Gasteiger partial charge in [-0.1, -0.05) is 42.0 Å². The average Bonchev–Trinajstić information content (AvgIpc) is 2.76. The van der Waals surface area contributed by atoms with Gasteiger partial charge in [-0.2, -0.15) is 0 Å². The maximum absolute atomic E-state index is 12.8. The molecule has 1 aromatic heterocycles. The minimum atomic E-state index is -0.542. The zero-order valence-corrected chi connectivity index (χ0v) is 17.3. The van der Waals surface area contributed by atoms with E-state index >= 15 is 0 Å². The fraction of sp³-hybridized carbons (Fsp3) is 0.375. The second-order valence-corrected chi connectivity index (χ2v) is 8.21. The van der Waals surface area contributed by atoms with Crippen molar-refractivity contribution in [1.82, 2.24) is 14.5 Å². The summed E-state index contributed by atoms with van der Waals surface area (Å²) in [6.45, 7) is 3.48. The lowest BCUT2D eigenvalue weighted by atomic mass is 9.90. The number of H-pyrrole nitrogens is 1. The molecule has 1 amide bonds. The number of carbonyl (C=O) groups is 1. The van der Waals surface area contributed by atoms with Gasteiger partial charge >= 0.3 is 5.69 Å². The summed E-state index contributed by atoms with van der Waals surface area (Å²) in [5.41, 5.74) is 2.17. The monoisotopic (exact) mass is 405 g/mol. The minimum absolute atomic E-state index is 0.0514. The van der Waals surface area contributed by atoms with Crippen LogP contribution in [-0.4, -0.2) is 33.4 Å². The van der Waals surface area contributed by atoms with Crippen LogP contribution in [-0.2, 0) is 17.8 Å². The lowest BCUT2D eigenvalue weighted by molar-refractivity contribution is -0.133. The average molecular weight is 405 g/mol. The topological polar surface area (TPSA) is 75.2 Å². The summed E-state index contributed by atoms with van der Waals surface area (Å²) < 4.78 is 1.36. The molecule has 0 bridgehead atoms. The third kappa shape index (κ3) is 4.37. The van der Waals surface area contributed by atoms with E-state index < -0.39 is 11.2 Å². The maximum Gasteiger partial charge on any atom is 0.329 e. The van der Waals surface area contributed by atoms with Gasteiger partial charge in [0.25, 0.3) is 5.56 Å². The smallest absolute Gasteiger partial charge is 0.329 e. The number of aromatic nitrogens is 2. The number of likely N-dealkylation sites (tertiary alicyclic amines) is 1. The number of amides is 1. The molecule has 156 valence electrons. The molecule has 1 N–H and O–H groups in total. The fourth-order valence-corrected chi connectivity index (χ4v) is 4.23. The summed E-state index contributed by atoms with van der Waals surface area (Å²) in [7, 11) is 0. The molecular weight excluding hydrogens is 378 g/mol. The van der Waals surface area contributed by atoms with Crippen LogP contribution in [0.25, 0.3) is 10.9 Å². The van der Waals surface area contributed by atoms with E-state index in [9.17, 15) is 14.4 Å². The molecule has 1 aliphatic rings. The van der Waals surface area contributed by atoms with Crippen LogP contribution in [0.1, 0.15) is 30.4 Å². The highest BCUT2D eigenvalue weighted by Crippen LogP contribution is 2.23. The Bertz CT molecular complexity index is 1150. The molecule has 0 spiro atoms. The Morgan fingerprint density at radius 3 is 2.47 bits per heavy atom. The lowest BCUT2D eigenvalue weighted by Gasteiger charge is -2.32. The van der Waals surface area contributed by atoms with Crippen LogP contribution < -0.4 is 11.2 Å². The molecule has 1 saturated heterocycles. The summed E-state index contributed by atoms with van der Waals surface area (Å²) in [5.74, 6) is 0.540. The third-order valence-electron chi connectivity index (χ3n) is 6.13. The quantitative estimate of drug-likeness (QED) is 0.709. The highest BCUT2D eigenvalue weighted by Gasteiger charge is 2.23. The molecule has 3 aromatic rings. The summed E-state index contributed by atoms with van der Waals surface area (Å²) in [4.78, 5) is 41.3. The Kier molecular flexibility index (Phi) is 5.84. The molecule has 6 heteroatoms. The van der Waals surface area contributed by atoms with E-state index in [2.05, 4.69) is 36.2 Å². The molecule has 6 nitrogen and oxygen atoms in total. The van der Waals surface area contributed by atoms with Crippen molar-refractivity contribution in [2.24, 2.45) is 5.92 Å². The van der Waals surface area contributed by atoms with E-state index in [1.807, 2.05) is 4.90 Å². The largest absolute Gasteiger partial charge is 0.341 e. The zero-order valence-electron chi connectivity index (χ0n) is 17.3. The molecule has 30 heavy (non-hydrogen) atoms. The number of hydrogen-bond acceptors (Lipinski definition) is 3. The Balaban J connectivity index is 1.36. The lowest BCUT2D eigenvalue weighted by Crippen LogP contribution is -2.42. The summed E-state index contributed by atoms with van der Waals surface area (Å²) in [5, 5.41) is 0.416. The molecule has 0 unspecified atom stereocenters. The van der Waals surface area contributed by atoms with E-state index in [-0.39, 0.29) is 12.5 Å². The van der Waals surface area contributed by atoms with Crippen LogP contribution in [0.2, 0.25) is 0 Å². The molecular formula is C24H27N3O3. The number of para-hydroxylation sites is 1. The van der Waals surface area contributed by atoms with Gasteiger partial charge in [-0.3, -0.25) is 19.1 Å². The number of piperidine rings is 1. The van der Waals surface area contributed by atoms with Crippen molar-refractivity contribution in [1.29, 1.82) is 0 Å². The standard InChI is InChI=1S/C24H27N3O3/c1-17-6-8-18(9-7-17)10-11-19-12-14-26(15-13-19)22(28)16-27-21-5-3-2-4-20(21)23(29)25-24(27)30/h2-9,19H,10-16H2,1H3,(H,25,29,30). The van der Waals surface area contributed by atoms with Crippen molar-refractivity contribution in [3.63, 3.8) is 0 Å². The van der Waals surface area contributed by atoms with E-state index in [0.717, 1.165) is 25.7 Å². The third-order valence-corrected chi connectivity index (χ3v) is 6.13. The van der Waals surface area contributed by atoms with E-state index in [1.54, 1.807) is 24.3 Å². The molecule has 2 heterocycles. The van der Waals surface area contributed by atoms with Gasteiger partial charge in [0.1, 0.15) is 6.54 Å². The molecule has 1 aliphatic heterocycles. The van der Waals surface area contributed by atoms with Crippen molar-refractivity contribution in [3.05, 3.63) is 80.5 Å². The number of hydrogen-bond donors (Lipinski definition) is 1. The van der Waals surface area contributed by atoms with Crippen LogP contribution in [0.15, 0.2) is 58.1 Å². The molecule has 0 radical (unpaired) electrons. The first-order valence-electron chi connectivity index (χ1n) is 10.6. The number of fused-ring (bicyclic) bond motifs is 1. The van der Waals surface area contributed by atoms with Gasteiger partial charge in [-0.25, -0.2) is 4.79 Å². The molecule has 0 saturated carbocycles. The number of aryl methyl sites for hydroxylation is 2. The van der Waals surface area contributed by atoms with Crippen LogP contribution in [0.3, 0.4) is 0 Å². The molecule has 2 aromatic carbocycles. The number of carbonyl (C=O) groups excluding carboxylic acids is 1. The second-order valence-electron chi connectivity index (χ2n) is 8.21. The normalized spacial score (nSPS) is 14.9. The predicted molar refractivity (Wildman–Crippen MR) is 118 cm³/mol. The number of rotatable bonds is 5. The van der Waals surface area contributed by atoms with Gasteiger partial charge < -0.3 is 4.90 Å². The number of nitrogens with zero attached hydrogens (tertiary/aromatic N) is 2. The number of aromatic amines is 1. The van der Waals surface area contributed by atoms with Crippen molar-refractivity contribution >= 4 is 16.8 Å². The summed E-state index contributed by atoms with van der Waals surface area (Å²) in [6, 6.07) is 15.6. The molecule has 1 fully saturated rings. The van der Waals surface area contributed by atoms with Gasteiger partial charge in [-0.15, -0.1) is 0 Å². The summed E-state index contributed by atoms with van der Waals surface area (Å²) in [6.07, 6.45) is 4.17. The first-order chi connectivity index (χ1) is 14.5. The van der Waals surface area contributed by atoms with Gasteiger partial charge in [0.2, 0.25) is 5.91 Å². The van der Waals surface area contributed by atoms with Gasteiger partial charge in [0.15, 0.2) is 0 Å². The van der Waals surface area contributed by atoms with Crippen LogP contribution >= 0.6 is 0 Å². The van der Waals surface area contributed by atoms with Gasteiger partial charge in [0, 0.05) is 13.1 Å². The number of benzene rings is 2. The Morgan fingerprint density at radius 2 is 1.73 bits per heavy atom. The molecule has 0 atom stereocenters. The van der Waals surface area contributed by atoms with Crippen LogP contribution in [0.4, 0.5) is 0 Å². The van der Waals surface area contributed by atoms with E-state index in [0.29, 0.717) is 29.9 Å². The van der Waals surface area contributed by atoms with Crippen molar-refractivity contribution in [2.45, 2.75) is 39.2 Å². The SMILES string of the molecule is Cc1ccc(CCC2CCN(C(=O)Cn3c(=O)[nH]c(=O)c4ccccc43)CC2)cc1. The molecule has 4 rings (SSSR count). The highest BCUT2D eigenvalue weighted by atomic mass is 16.2. The van der Waals surface area contributed by atoms with E-state index in [4.69, 9.17) is 0 Å². The van der Waals surface area contributed by atoms with Crippen molar-refractivity contribution in [3.8, 4) is 0 Å². The van der Waals surface area contributed by atoms with Crippen LogP contribution in [0.5, 0.6) is 0 Å². The first kappa shape index (κ1) is 20.1. The fourth-order valence-electron chi connectivity index (χ4n) is 4.23. The Hall–Kier alpha value is -3.15. The summed E-state index contributed by atoms with van der Waals surface area (Å²) >= 11 is 0. The molecule has 0 aliphatic carbocycles. The maximum atomic E-state index is 12.8. The van der Waals surface area contributed by atoms with Crippen molar-refractivity contribution < 1.29 is 4.79 Å². The highest BCUT2D eigenvalue weighted by molar-refractivity contribution is 5.81. The van der Waals surface area contributed by atoms with E-state index in [1.165, 1.54) is 15.7 Å².